The number of morpholine rings is 1. The van der Waals surface area contributed by atoms with Crippen LogP contribution in [-0.2, 0) is 4.74 Å². The molecule has 136 valence electrons. The van der Waals surface area contributed by atoms with Crippen molar-refractivity contribution in [1.82, 2.24) is 9.97 Å². The zero-order chi connectivity index (χ0) is 18.4. The number of hydrogen-bond acceptors (Lipinski definition) is 5. The van der Waals surface area contributed by atoms with Gasteiger partial charge in [0, 0.05) is 24.0 Å². The minimum Gasteiger partial charge on any atom is -0.372 e. The number of thiophene rings is 1. The van der Waals surface area contributed by atoms with Gasteiger partial charge in [0.15, 0.2) is 0 Å². The first-order chi connectivity index (χ1) is 12.4. The van der Waals surface area contributed by atoms with Gasteiger partial charge in [0.2, 0.25) is 5.28 Å². The molecule has 1 aliphatic heterocycles. The Morgan fingerprint density at radius 1 is 1.12 bits per heavy atom. The number of aryl methyl sites for hydroxylation is 2. The van der Waals surface area contributed by atoms with Gasteiger partial charge in [-0.05, 0) is 50.4 Å². The number of benzene rings is 1. The number of halogens is 1. The normalized spacial score (nSPS) is 20.7. The molecule has 2 atom stereocenters. The van der Waals surface area contributed by atoms with Crippen molar-refractivity contribution < 1.29 is 4.74 Å². The molecule has 1 fully saturated rings. The summed E-state index contributed by atoms with van der Waals surface area (Å²) in [6, 6.07) is 6.56. The molecule has 4 rings (SSSR count). The third-order valence-electron chi connectivity index (χ3n) is 4.78. The van der Waals surface area contributed by atoms with Gasteiger partial charge in [-0.3, -0.25) is 0 Å². The molecule has 0 aliphatic carbocycles. The van der Waals surface area contributed by atoms with E-state index in [0.29, 0.717) is 5.28 Å². The van der Waals surface area contributed by atoms with E-state index in [2.05, 4.69) is 66.1 Å². The van der Waals surface area contributed by atoms with E-state index in [1.54, 1.807) is 11.3 Å². The summed E-state index contributed by atoms with van der Waals surface area (Å²) >= 11 is 7.87. The van der Waals surface area contributed by atoms with Gasteiger partial charge in [0.25, 0.3) is 0 Å². The lowest BCUT2D eigenvalue weighted by atomic mass is 9.99. The number of ether oxygens (including phenoxy) is 1. The van der Waals surface area contributed by atoms with E-state index < -0.39 is 0 Å². The molecule has 6 heteroatoms. The Hall–Kier alpha value is -1.69. The first kappa shape index (κ1) is 17.7. The Morgan fingerprint density at radius 3 is 2.54 bits per heavy atom. The minimum atomic E-state index is 0.158. The van der Waals surface area contributed by atoms with E-state index in [-0.39, 0.29) is 12.2 Å². The standard InChI is InChI=1S/C20H22ClN3OS/c1-11-5-6-15(12(2)7-11)16-10-26-19-17(16)18(22-20(21)23-19)24-8-13(3)25-14(4)9-24/h5-7,10,13-14H,8-9H2,1-4H3. The predicted octanol–water partition coefficient (Wildman–Crippen LogP) is 5.24. The van der Waals surface area contributed by atoms with Gasteiger partial charge in [0.1, 0.15) is 10.6 Å². The zero-order valence-corrected chi connectivity index (χ0v) is 17.0. The summed E-state index contributed by atoms with van der Waals surface area (Å²) in [6.45, 7) is 10.1. The second-order valence-corrected chi connectivity index (χ2v) is 8.32. The van der Waals surface area contributed by atoms with Crippen LogP contribution in [-0.4, -0.2) is 35.3 Å². The minimum absolute atomic E-state index is 0.158. The van der Waals surface area contributed by atoms with Crippen LogP contribution in [0.25, 0.3) is 21.3 Å². The first-order valence-electron chi connectivity index (χ1n) is 8.85. The lowest BCUT2D eigenvalue weighted by molar-refractivity contribution is -0.00537. The first-order valence-corrected chi connectivity index (χ1v) is 10.1. The van der Waals surface area contributed by atoms with Crippen LogP contribution in [0.1, 0.15) is 25.0 Å². The average molecular weight is 388 g/mol. The number of rotatable bonds is 2. The van der Waals surface area contributed by atoms with Crippen molar-refractivity contribution in [2.45, 2.75) is 39.9 Å². The molecule has 1 saturated heterocycles. The van der Waals surface area contributed by atoms with Gasteiger partial charge in [0.05, 0.1) is 17.6 Å². The molecule has 0 amide bonds. The highest BCUT2D eigenvalue weighted by Gasteiger charge is 2.27. The fourth-order valence-electron chi connectivity index (χ4n) is 3.79. The Bertz CT molecular complexity index is 961. The molecule has 26 heavy (non-hydrogen) atoms. The fraction of sp³-hybridized carbons (Fsp3) is 0.400. The Balaban J connectivity index is 1.91. The number of anilines is 1. The van der Waals surface area contributed by atoms with Gasteiger partial charge in [-0.1, -0.05) is 23.8 Å². The predicted molar refractivity (Wildman–Crippen MR) is 110 cm³/mol. The molecule has 0 bridgehead atoms. The second kappa shape index (κ2) is 6.80. The summed E-state index contributed by atoms with van der Waals surface area (Å²) in [5.41, 5.74) is 4.93. The maximum atomic E-state index is 6.25. The molecule has 3 heterocycles. The maximum absolute atomic E-state index is 6.25. The van der Waals surface area contributed by atoms with Gasteiger partial charge in [-0.25, -0.2) is 4.98 Å². The SMILES string of the molecule is Cc1ccc(-c2csc3nc(Cl)nc(N4CC(C)OC(C)C4)c23)c(C)c1. The van der Waals surface area contributed by atoms with Crippen LogP contribution < -0.4 is 4.90 Å². The molecule has 1 aliphatic rings. The lowest BCUT2D eigenvalue weighted by Gasteiger charge is -2.36. The summed E-state index contributed by atoms with van der Waals surface area (Å²) in [5.74, 6) is 0.915. The highest BCUT2D eigenvalue weighted by atomic mass is 35.5. The maximum Gasteiger partial charge on any atom is 0.225 e. The van der Waals surface area contributed by atoms with Crippen LogP contribution in [0.5, 0.6) is 0 Å². The van der Waals surface area contributed by atoms with Crippen LogP contribution >= 0.6 is 22.9 Å². The van der Waals surface area contributed by atoms with Gasteiger partial charge in [-0.2, -0.15) is 4.98 Å². The Kier molecular flexibility index (Phi) is 4.63. The van der Waals surface area contributed by atoms with Crippen LogP contribution in [0, 0.1) is 13.8 Å². The number of hydrogen-bond donors (Lipinski definition) is 0. The summed E-state index contributed by atoms with van der Waals surface area (Å²) in [7, 11) is 0. The van der Waals surface area contributed by atoms with Crippen molar-refractivity contribution in [1.29, 1.82) is 0 Å². The molecule has 3 aromatic rings. The topological polar surface area (TPSA) is 38.2 Å². The van der Waals surface area contributed by atoms with E-state index >= 15 is 0 Å². The summed E-state index contributed by atoms with van der Waals surface area (Å²) < 4.78 is 5.89. The molecule has 0 saturated carbocycles. The zero-order valence-electron chi connectivity index (χ0n) is 15.4. The van der Waals surface area contributed by atoms with Crippen LogP contribution in [0.2, 0.25) is 5.28 Å². The second-order valence-electron chi connectivity index (χ2n) is 7.13. The van der Waals surface area contributed by atoms with Crippen molar-refractivity contribution >= 4 is 39.0 Å². The van der Waals surface area contributed by atoms with Crippen molar-refractivity contribution in [2.24, 2.45) is 0 Å². The van der Waals surface area contributed by atoms with Gasteiger partial charge < -0.3 is 9.64 Å². The largest absolute Gasteiger partial charge is 0.372 e. The van der Waals surface area contributed by atoms with Crippen molar-refractivity contribution in [2.75, 3.05) is 18.0 Å². The molecular formula is C20H22ClN3OS. The summed E-state index contributed by atoms with van der Waals surface area (Å²) in [6.07, 6.45) is 0.316. The fourth-order valence-corrected chi connectivity index (χ4v) is 4.94. The van der Waals surface area contributed by atoms with E-state index in [0.717, 1.165) is 29.1 Å². The highest BCUT2D eigenvalue weighted by molar-refractivity contribution is 7.17. The molecule has 0 N–H and O–H groups in total. The molecule has 1 aromatic carbocycles. The quantitative estimate of drug-likeness (QED) is 0.563. The average Bonchev–Trinajstić information content (AvgIpc) is 2.96. The Labute approximate surface area is 162 Å². The monoisotopic (exact) mass is 387 g/mol. The third-order valence-corrected chi connectivity index (χ3v) is 5.82. The van der Waals surface area contributed by atoms with Crippen LogP contribution in [0.4, 0.5) is 5.82 Å². The highest BCUT2D eigenvalue weighted by Crippen LogP contribution is 2.40. The summed E-state index contributed by atoms with van der Waals surface area (Å²) in [5, 5.41) is 3.56. The van der Waals surface area contributed by atoms with E-state index in [1.165, 1.54) is 22.3 Å². The van der Waals surface area contributed by atoms with Crippen LogP contribution in [0.15, 0.2) is 23.6 Å². The smallest absolute Gasteiger partial charge is 0.225 e. The third kappa shape index (κ3) is 3.20. The van der Waals surface area contributed by atoms with E-state index in [9.17, 15) is 0 Å². The molecule has 2 aromatic heterocycles. The number of nitrogens with zero attached hydrogens (tertiary/aromatic N) is 3. The van der Waals surface area contributed by atoms with Crippen molar-refractivity contribution in [3.8, 4) is 11.1 Å². The van der Waals surface area contributed by atoms with Gasteiger partial charge >= 0.3 is 0 Å². The molecule has 2 unspecified atom stereocenters. The van der Waals surface area contributed by atoms with Crippen molar-refractivity contribution in [3.63, 3.8) is 0 Å². The van der Waals surface area contributed by atoms with E-state index in [4.69, 9.17) is 16.3 Å². The van der Waals surface area contributed by atoms with E-state index in [1.807, 2.05) is 0 Å². The lowest BCUT2D eigenvalue weighted by Crippen LogP contribution is -2.46. The summed E-state index contributed by atoms with van der Waals surface area (Å²) in [4.78, 5) is 12.3. The molecule has 0 radical (unpaired) electrons. The molecular weight excluding hydrogens is 366 g/mol. The van der Waals surface area contributed by atoms with Crippen LogP contribution in [0.3, 0.4) is 0 Å². The number of fused-ring (bicyclic) bond motifs is 1. The molecule has 4 nitrogen and oxygen atoms in total. The van der Waals surface area contributed by atoms with Crippen molar-refractivity contribution in [3.05, 3.63) is 40.0 Å². The Morgan fingerprint density at radius 2 is 1.85 bits per heavy atom. The molecule has 0 spiro atoms. The number of aromatic nitrogens is 2. The van der Waals surface area contributed by atoms with Gasteiger partial charge in [-0.15, -0.1) is 11.3 Å².